The minimum Gasteiger partial charge on any atom is -0.492 e. The number of nitrogens with one attached hydrogen (secondary N) is 1. The molecular weight excluding hydrogens is 478 g/mol. The number of ether oxygens (including phenoxy) is 1. The first kappa shape index (κ1) is 26.1. The van der Waals surface area contributed by atoms with E-state index < -0.39 is 20.0 Å². The molecule has 0 aromatic heterocycles. The van der Waals surface area contributed by atoms with Gasteiger partial charge in [0.1, 0.15) is 12.4 Å². The van der Waals surface area contributed by atoms with E-state index in [2.05, 4.69) is 5.32 Å². The highest BCUT2D eigenvalue weighted by Gasteiger charge is 2.27. The maximum atomic E-state index is 12.9. The van der Waals surface area contributed by atoms with Gasteiger partial charge >= 0.3 is 0 Å². The van der Waals surface area contributed by atoms with Gasteiger partial charge in [-0.1, -0.05) is 12.5 Å². The summed E-state index contributed by atoms with van der Waals surface area (Å²) in [7, 11) is -4.22. The minimum atomic E-state index is -3.63. The molecule has 1 heterocycles. The molecule has 3 rings (SSSR count). The Kier molecular flexibility index (Phi) is 8.34. The van der Waals surface area contributed by atoms with E-state index in [1.807, 2.05) is 0 Å². The first-order chi connectivity index (χ1) is 16.0. The average molecular weight is 510 g/mol. The lowest BCUT2D eigenvalue weighted by Crippen LogP contribution is -2.36. The molecule has 9 nitrogen and oxygen atoms in total. The summed E-state index contributed by atoms with van der Waals surface area (Å²) in [5.74, 6) is 0.0852. The van der Waals surface area contributed by atoms with Crippen LogP contribution >= 0.6 is 0 Å². The van der Waals surface area contributed by atoms with E-state index in [0.29, 0.717) is 30.0 Å². The van der Waals surface area contributed by atoms with E-state index in [4.69, 9.17) is 4.74 Å². The molecule has 0 aliphatic carbocycles. The summed E-state index contributed by atoms with van der Waals surface area (Å²) in [6.45, 7) is 3.11. The van der Waals surface area contributed by atoms with Crippen molar-refractivity contribution in [2.75, 3.05) is 40.3 Å². The van der Waals surface area contributed by atoms with Gasteiger partial charge in [0.25, 0.3) is 5.91 Å². The second-order valence-electron chi connectivity index (χ2n) is 8.30. The van der Waals surface area contributed by atoms with Crippen LogP contribution in [0.1, 0.15) is 35.2 Å². The Morgan fingerprint density at radius 1 is 0.971 bits per heavy atom. The van der Waals surface area contributed by atoms with E-state index in [0.717, 1.165) is 23.6 Å². The van der Waals surface area contributed by atoms with Crippen molar-refractivity contribution in [2.24, 2.45) is 0 Å². The summed E-state index contributed by atoms with van der Waals surface area (Å²) in [5, 5.41) is 2.74. The lowest BCUT2D eigenvalue weighted by Gasteiger charge is -2.26. The summed E-state index contributed by atoms with van der Waals surface area (Å²) in [5.41, 5.74) is 0.977. The summed E-state index contributed by atoms with van der Waals surface area (Å²) < 4.78 is 58.3. The van der Waals surface area contributed by atoms with Crippen molar-refractivity contribution in [1.29, 1.82) is 0 Å². The average Bonchev–Trinajstić information content (AvgIpc) is 2.82. The quantitative estimate of drug-likeness (QED) is 0.519. The van der Waals surface area contributed by atoms with Crippen molar-refractivity contribution in [3.8, 4) is 5.75 Å². The summed E-state index contributed by atoms with van der Waals surface area (Å²) in [4.78, 5) is 13.0. The van der Waals surface area contributed by atoms with Gasteiger partial charge in [-0.3, -0.25) is 4.79 Å². The Labute approximate surface area is 201 Å². The Bertz CT molecular complexity index is 1220. The summed E-state index contributed by atoms with van der Waals surface area (Å²) >= 11 is 0. The van der Waals surface area contributed by atoms with Gasteiger partial charge in [0, 0.05) is 32.7 Å². The van der Waals surface area contributed by atoms with Crippen molar-refractivity contribution >= 4 is 26.0 Å². The van der Waals surface area contributed by atoms with E-state index in [1.165, 1.54) is 36.6 Å². The predicted molar refractivity (Wildman–Crippen MR) is 129 cm³/mol. The van der Waals surface area contributed by atoms with Gasteiger partial charge in [-0.25, -0.2) is 21.1 Å². The van der Waals surface area contributed by atoms with Gasteiger partial charge in [0.2, 0.25) is 20.0 Å². The third-order valence-electron chi connectivity index (χ3n) is 5.67. The molecule has 2 aromatic carbocycles. The van der Waals surface area contributed by atoms with E-state index in [-0.39, 0.29) is 28.8 Å². The Balaban J connectivity index is 1.58. The molecule has 1 N–H and O–H groups in total. The molecular formula is C23H31N3O6S2. The molecule has 2 aromatic rings. The van der Waals surface area contributed by atoms with Crippen molar-refractivity contribution < 1.29 is 26.4 Å². The molecule has 186 valence electrons. The van der Waals surface area contributed by atoms with Crippen LogP contribution < -0.4 is 10.1 Å². The maximum absolute atomic E-state index is 12.9. The second kappa shape index (κ2) is 10.9. The van der Waals surface area contributed by atoms with Crippen molar-refractivity contribution in [3.05, 3.63) is 53.6 Å². The molecule has 1 saturated heterocycles. The van der Waals surface area contributed by atoms with Crippen LogP contribution in [0.15, 0.2) is 52.3 Å². The molecule has 0 saturated carbocycles. The highest BCUT2D eigenvalue weighted by atomic mass is 32.2. The number of piperidine rings is 1. The predicted octanol–water partition coefficient (Wildman–Crippen LogP) is 2.23. The van der Waals surface area contributed by atoms with Crippen LogP contribution in [0.4, 0.5) is 0 Å². The zero-order valence-corrected chi connectivity index (χ0v) is 21.3. The number of benzene rings is 2. The number of carbonyl (C=O) groups excluding carboxylic acids is 1. The molecule has 0 unspecified atom stereocenters. The van der Waals surface area contributed by atoms with Gasteiger partial charge in [0.15, 0.2) is 0 Å². The fraction of sp³-hybridized carbons (Fsp3) is 0.435. The third-order valence-corrected chi connectivity index (χ3v) is 9.39. The number of rotatable bonds is 9. The summed E-state index contributed by atoms with van der Waals surface area (Å²) in [6.07, 6.45) is 2.70. The smallest absolute Gasteiger partial charge is 0.251 e. The molecule has 0 bridgehead atoms. The molecule has 11 heteroatoms. The molecule has 0 spiro atoms. The van der Waals surface area contributed by atoms with Crippen molar-refractivity contribution in [1.82, 2.24) is 13.9 Å². The van der Waals surface area contributed by atoms with Gasteiger partial charge in [-0.15, -0.1) is 0 Å². The highest BCUT2D eigenvalue weighted by molar-refractivity contribution is 7.89. The Morgan fingerprint density at radius 2 is 1.59 bits per heavy atom. The van der Waals surface area contributed by atoms with Crippen LogP contribution in [-0.2, 0) is 20.0 Å². The number of aryl methyl sites for hydroxylation is 1. The van der Waals surface area contributed by atoms with E-state index in [9.17, 15) is 21.6 Å². The fourth-order valence-electron chi connectivity index (χ4n) is 3.61. The summed E-state index contributed by atoms with van der Waals surface area (Å²) in [6, 6.07) is 10.6. The van der Waals surface area contributed by atoms with Crippen LogP contribution in [0.2, 0.25) is 0 Å². The van der Waals surface area contributed by atoms with Gasteiger partial charge in [0.05, 0.1) is 16.3 Å². The first-order valence-corrected chi connectivity index (χ1v) is 14.0. The standard InChI is InChI=1S/C23H31N3O6S2/c1-18-7-10-21(34(30,31)26-14-5-4-6-15-26)17-22(18)23(27)24-13-16-32-19-8-11-20(12-9-19)33(28,29)25(2)3/h7-12,17H,4-6,13-16H2,1-3H3,(H,24,27). The third kappa shape index (κ3) is 5.96. The topological polar surface area (TPSA) is 113 Å². The van der Waals surface area contributed by atoms with Crippen molar-refractivity contribution in [3.63, 3.8) is 0 Å². The molecule has 1 fully saturated rings. The number of hydrogen-bond donors (Lipinski definition) is 1. The monoisotopic (exact) mass is 509 g/mol. The number of carbonyl (C=O) groups is 1. The van der Waals surface area contributed by atoms with Crippen LogP contribution in [0.5, 0.6) is 5.75 Å². The van der Waals surface area contributed by atoms with E-state index >= 15 is 0 Å². The molecule has 0 atom stereocenters. The lowest BCUT2D eigenvalue weighted by atomic mass is 10.1. The van der Waals surface area contributed by atoms with Gasteiger partial charge < -0.3 is 10.1 Å². The highest BCUT2D eigenvalue weighted by Crippen LogP contribution is 2.23. The van der Waals surface area contributed by atoms with Crippen LogP contribution in [0.3, 0.4) is 0 Å². The Morgan fingerprint density at radius 3 is 2.21 bits per heavy atom. The first-order valence-electron chi connectivity index (χ1n) is 11.1. The zero-order valence-electron chi connectivity index (χ0n) is 19.7. The fourth-order valence-corrected chi connectivity index (χ4v) is 6.05. The molecule has 1 amide bonds. The normalized spacial score (nSPS) is 15.3. The molecule has 0 radical (unpaired) electrons. The van der Waals surface area contributed by atoms with Gasteiger partial charge in [-0.2, -0.15) is 4.31 Å². The zero-order chi connectivity index (χ0) is 24.9. The number of sulfonamides is 2. The largest absolute Gasteiger partial charge is 0.492 e. The molecule has 1 aliphatic rings. The Hall–Kier alpha value is -2.47. The number of hydrogen-bond acceptors (Lipinski definition) is 6. The van der Waals surface area contributed by atoms with Crippen LogP contribution in [-0.4, -0.2) is 71.7 Å². The van der Waals surface area contributed by atoms with Gasteiger partial charge in [-0.05, 0) is 61.7 Å². The van der Waals surface area contributed by atoms with Crippen molar-refractivity contribution in [2.45, 2.75) is 36.0 Å². The number of nitrogens with zero attached hydrogens (tertiary/aromatic N) is 2. The number of amides is 1. The van der Waals surface area contributed by atoms with E-state index in [1.54, 1.807) is 31.2 Å². The molecule has 34 heavy (non-hydrogen) atoms. The SMILES string of the molecule is Cc1ccc(S(=O)(=O)N2CCCCC2)cc1C(=O)NCCOc1ccc(S(=O)(=O)N(C)C)cc1. The molecule has 1 aliphatic heterocycles. The second-order valence-corrected chi connectivity index (χ2v) is 12.4. The maximum Gasteiger partial charge on any atom is 0.251 e. The lowest BCUT2D eigenvalue weighted by molar-refractivity contribution is 0.0946. The minimum absolute atomic E-state index is 0.120. The van der Waals surface area contributed by atoms with Crippen LogP contribution in [0, 0.1) is 6.92 Å². The van der Waals surface area contributed by atoms with Crippen LogP contribution in [0.25, 0.3) is 0 Å².